The Bertz CT molecular complexity index is 95.7. The third kappa shape index (κ3) is 4.38. The molecule has 0 saturated carbocycles. The van der Waals surface area contributed by atoms with Gasteiger partial charge in [0.15, 0.2) is 0 Å². The minimum Gasteiger partial charge on any atom is -0.328 e. The largest absolute Gasteiger partial charge is 0.328 e. The molecule has 1 atom stereocenters. The Balaban J connectivity index is 3.69. The molecule has 0 amide bonds. The lowest BCUT2D eigenvalue weighted by Gasteiger charge is -2.27. The molecule has 0 aliphatic heterocycles. The average molecular weight is 158 g/mol. The first-order valence-corrected chi connectivity index (χ1v) is 4.58. The molecule has 0 aliphatic rings. The van der Waals surface area contributed by atoms with E-state index in [2.05, 4.69) is 13.8 Å². The van der Waals surface area contributed by atoms with Crippen molar-refractivity contribution in [1.82, 2.24) is 0 Å². The summed E-state index contributed by atoms with van der Waals surface area (Å²) in [6.07, 6.45) is 4.20. The van der Waals surface area contributed by atoms with E-state index in [1.54, 1.807) is 0 Å². The van der Waals surface area contributed by atoms with E-state index in [0.717, 1.165) is 25.7 Å². The van der Waals surface area contributed by atoms with Crippen LogP contribution in [-0.2, 0) is 0 Å². The summed E-state index contributed by atoms with van der Waals surface area (Å²) in [5.74, 6) is 0. The van der Waals surface area contributed by atoms with Crippen molar-refractivity contribution in [3.05, 3.63) is 0 Å². The van der Waals surface area contributed by atoms with Crippen molar-refractivity contribution >= 4 is 0 Å². The lowest BCUT2D eigenvalue weighted by molar-refractivity contribution is 0.347. The van der Waals surface area contributed by atoms with Gasteiger partial charge in [0.25, 0.3) is 0 Å². The molecule has 0 aromatic rings. The number of hydrogen-bond donors (Lipinski definition) is 2. The Morgan fingerprint density at radius 3 is 2.00 bits per heavy atom. The van der Waals surface area contributed by atoms with E-state index in [1.165, 1.54) is 0 Å². The van der Waals surface area contributed by atoms with Crippen LogP contribution < -0.4 is 11.5 Å². The summed E-state index contributed by atoms with van der Waals surface area (Å²) in [6, 6.07) is 0.288. The lowest BCUT2D eigenvalue weighted by atomic mass is 9.88. The van der Waals surface area contributed by atoms with Crippen molar-refractivity contribution < 1.29 is 0 Å². The molecule has 4 N–H and O–H groups in total. The predicted octanol–water partition coefficient (Wildman–Crippen LogP) is 1.63. The maximum atomic E-state index is 6.09. The quantitative estimate of drug-likeness (QED) is 0.639. The second-order valence-electron chi connectivity index (χ2n) is 3.59. The molecular formula is C9H22N2. The minimum absolute atomic E-state index is 0.0353. The van der Waals surface area contributed by atoms with Gasteiger partial charge in [0.1, 0.15) is 0 Å². The van der Waals surface area contributed by atoms with E-state index < -0.39 is 0 Å². The van der Waals surface area contributed by atoms with Crippen molar-refractivity contribution in [2.45, 2.75) is 58.0 Å². The zero-order chi connectivity index (χ0) is 8.91. The molecule has 0 spiro atoms. The Kier molecular flexibility index (Phi) is 4.69. The molecule has 0 heterocycles. The van der Waals surface area contributed by atoms with E-state index in [0.29, 0.717) is 0 Å². The number of hydrogen-bond acceptors (Lipinski definition) is 2. The van der Waals surface area contributed by atoms with E-state index in [4.69, 9.17) is 11.5 Å². The molecule has 0 fully saturated rings. The van der Waals surface area contributed by atoms with Gasteiger partial charge in [-0.3, -0.25) is 0 Å². The number of nitrogens with two attached hydrogens (primary N) is 2. The second kappa shape index (κ2) is 4.73. The summed E-state index contributed by atoms with van der Waals surface area (Å²) in [7, 11) is 0. The van der Waals surface area contributed by atoms with Crippen LogP contribution in [0, 0.1) is 0 Å². The average Bonchev–Trinajstić information content (AvgIpc) is 2.00. The molecule has 11 heavy (non-hydrogen) atoms. The molecule has 0 aromatic heterocycles. The van der Waals surface area contributed by atoms with Gasteiger partial charge in [0.2, 0.25) is 0 Å². The third-order valence-corrected chi connectivity index (χ3v) is 2.51. The van der Waals surface area contributed by atoms with Crippen LogP contribution >= 0.6 is 0 Å². The predicted molar refractivity (Wildman–Crippen MR) is 50.4 cm³/mol. The van der Waals surface area contributed by atoms with Gasteiger partial charge in [-0.1, -0.05) is 13.8 Å². The molecule has 0 aromatic carbocycles. The third-order valence-electron chi connectivity index (χ3n) is 2.51. The molecular weight excluding hydrogens is 136 g/mol. The molecule has 0 unspecified atom stereocenters. The Labute approximate surface area is 70.3 Å². The van der Waals surface area contributed by atoms with E-state index in [9.17, 15) is 0 Å². The van der Waals surface area contributed by atoms with Gasteiger partial charge in [0.05, 0.1) is 0 Å². The summed E-state index contributed by atoms with van der Waals surface area (Å²) < 4.78 is 0. The smallest absolute Gasteiger partial charge is 0.0149 e. The Hall–Kier alpha value is -0.0800. The van der Waals surface area contributed by atoms with Crippen LogP contribution in [0.4, 0.5) is 0 Å². The van der Waals surface area contributed by atoms with Gasteiger partial charge in [-0.25, -0.2) is 0 Å². The first-order valence-electron chi connectivity index (χ1n) is 4.58. The van der Waals surface area contributed by atoms with Gasteiger partial charge >= 0.3 is 0 Å². The second-order valence-corrected chi connectivity index (χ2v) is 3.59. The fourth-order valence-corrected chi connectivity index (χ4v) is 1.12. The van der Waals surface area contributed by atoms with Gasteiger partial charge in [-0.05, 0) is 32.6 Å². The first kappa shape index (κ1) is 10.9. The fourth-order valence-electron chi connectivity index (χ4n) is 1.12. The monoisotopic (exact) mass is 158 g/mol. The minimum atomic E-state index is 0.0353. The van der Waals surface area contributed by atoms with Crippen molar-refractivity contribution in [3.8, 4) is 0 Å². The Morgan fingerprint density at radius 1 is 1.27 bits per heavy atom. The first-order chi connectivity index (χ1) is 5.04. The summed E-state index contributed by atoms with van der Waals surface area (Å²) in [5.41, 5.74) is 11.8. The molecule has 0 rings (SSSR count). The van der Waals surface area contributed by atoms with E-state index in [1.807, 2.05) is 6.92 Å². The highest BCUT2D eigenvalue weighted by Crippen LogP contribution is 2.18. The Morgan fingerprint density at radius 2 is 1.73 bits per heavy atom. The van der Waals surface area contributed by atoms with Gasteiger partial charge in [0, 0.05) is 11.6 Å². The maximum absolute atomic E-state index is 6.09. The van der Waals surface area contributed by atoms with Crippen molar-refractivity contribution in [2.75, 3.05) is 0 Å². The molecule has 2 heteroatoms. The standard InChI is InChI=1S/C9H22N2/c1-4-9(11,5-2)7-6-8(3)10/h8H,4-7,10-11H2,1-3H3/t8-/m1/s1. The number of rotatable bonds is 5. The van der Waals surface area contributed by atoms with Gasteiger partial charge in [-0.2, -0.15) is 0 Å². The summed E-state index contributed by atoms with van der Waals surface area (Å²) in [6.45, 7) is 6.32. The summed E-state index contributed by atoms with van der Waals surface area (Å²) in [4.78, 5) is 0. The molecule has 0 radical (unpaired) electrons. The highest BCUT2D eigenvalue weighted by atomic mass is 14.7. The molecule has 0 saturated heterocycles. The van der Waals surface area contributed by atoms with Crippen molar-refractivity contribution in [2.24, 2.45) is 11.5 Å². The van der Waals surface area contributed by atoms with E-state index in [-0.39, 0.29) is 11.6 Å². The van der Waals surface area contributed by atoms with E-state index >= 15 is 0 Å². The highest BCUT2D eigenvalue weighted by molar-refractivity contribution is 4.81. The van der Waals surface area contributed by atoms with Crippen LogP contribution in [0.15, 0.2) is 0 Å². The normalized spacial score (nSPS) is 15.0. The SMILES string of the molecule is CCC(N)(CC)CC[C@@H](C)N. The van der Waals surface area contributed by atoms with Crippen LogP contribution in [0.5, 0.6) is 0 Å². The van der Waals surface area contributed by atoms with Gasteiger partial charge in [-0.15, -0.1) is 0 Å². The molecule has 2 nitrogen and oxygen atoms in total. The highest BCUT2D eigenvalue weighted by Gasteiger charge is 2.19. The topological polar surface area (TPSA) is 52.0 Å². The summed E-state index contributed by atoms with van der Waals surface area (Å²) in [5, 5.41) is 0. The molecule has 0 aliphatic carbocycles. The van der Waals surface area contributed by atoms with Crippen LogP contribution in [-0.4, -0.2) is 11.6 Å². The molecule has 68 valence electrons. The van der Waals surface area contributed by atoms with Gasteiger partial charge < -0.3 is 11.5 Å². The maximum Gasteiger partial charge on any atom is 0.0149 e. The van der Waals surface area contributed by atoms with Crippen molar-refractivity contribution in [3.63, 3.8) is 0 Å². The van der Waals surface area contributed by atoms with Crippen molar-refractivity contribution in [1.29, 1.82) is 0 Å². The van der Waals surface area contributed by atoms with Crippen LogP contribution in [0.25, 0.3) is 0 Å². The lowest BCUT2D eigenvalue weighted by Crippen LogP contribution is -2.39. The fraction of sp³-hybridized carbons (Fsp3) is 1.00. The van der Waals surface area contributed by atoms with Crippen LogP contribution in [0.3, 0.4) is 0 Å². The zero-order valence-corrected chi connectivity index (χ0v) is 8.06. The summed E-state index contributed by atoms with van der Waals surface area (Å²) >= 11 is 0. The van der Waals surface area contributed by atoms with Crippen LogP contribution in [0.1, 0.15) is 46.5 Å². The zero-order valence-electron chi connectivity index (χ0n) is 8.06. The molecule has 0 bridgehead atoms. The van der Waals surface area contributed by atoms with Crippen LogP contribution in [0.2, 0.25) is 0 Å².